The number of furan rings is 1. The van der Waals surface area contributed by atoms with Crippen LogP contribution in [0.15, 0.2) is 46.0 Å². The van der Waals surface area contributed by atoms with Gasteiger partial charge < -0.3 is 29.3 Å². The summed E-state index contributed by atoms with van der Waals surface area (Å²) in [4.78, 5) is 4.59. The fraction of sp³-hybridized carbons (Fsp3) is 0.476. The number of ether oxygens (including phenoxy) is 3. The van der Waals surface area contributed by atoms with E-state index in [0.29, 0.717) is 19.8 Å². The molecule has 0 fully saturated rings. The second-order valence-corrected chi connectivity index (χ2v) is 6.10. The average Bonchev–Trinajstić information content (AvgIpc) is 3.23. The Morgan fingerprint density at radius 2 is 2.04 bits per heavy atom. The van der Waals surface area contributed by atoms with Crippen molar-refractivity contribution in [1.29, 1.82) is 0 Å². The summed E-state index contributed by atoms with van der Waals surface area (Å²) in [6, 6.07) is 9.59. The summed E-state index contributed by atoms with van der Waals surface area (Å²) in [6.45, 7) is 5.43. The lowest BCUT2D eigenvalue weighted by Gasteiger charge is -2.13. The van der Waals surface area contributed by atoms with Crippen molar-refractivity contribution >= 4 is 5.96 Å². The number of hydrogen-bond donors (Lipinski definition) is 2. The third kappa shape index (κ3) is 7.52. The lowest BCUT2D eigenvalue weighted by molar-refractivity contribution is 0.105. The highest BCUT2D eigenvalue weighted by Gasteiger charge is 2.06. The number of aliphatic imine (C=N–C) groups is 1. The Hall–Kier alpha value is -2.67. The van der Waals surface area contributed by atoms with Crippen LogP contribution in [0, 0.1) is 0 Å². The maximum atomic E-state index is 5.58. The topological polar surface area (TPSA) is 77.3 Å². The molecule has 2 aromatic rings. The second-order valence-electron chi connectivity index (χ2n) is 6.10. The monoisotopic (exact) mass is 389 g/mol. The van der Waals surface area contributed by atoms with Crippen molar-refractivity contribution < 1.29 is 18.6 Å². The van der Waals surface area contributed by atoms with Gasteiger partial charge in [0, 0.05) is 26.2 Å². The Labute approximate surface area is 167 Å². The number of nitrogens with zero attached hydrogens (tertiary/aromatic N) is 1. The molecule has 0 amide bonds. The van der Waals surface area contributed by atoms with Crippen molar-refractivity contribution in [2.45, 2.75) is 26.4 Å². The lowest BCUT2D eigenvalue weighted by atomic mass is 10.1. The Kier molecular flexibility index (Phi) is 9.79. The van der Waals surface area contributed by atoms with E-state index in [1.807, 2.05) is 30.3 Å². The molecule has 28 heavy (non-hydrogen) atoms. The quantitative estimate of drug-likeness (QED) is 0.330. The number of methoxy groups -OCH3 is 2. The minimum absolute atomic E-state index is 0.497. The smallest absolute Gasteiger partial charge is 0.191 e. The number of hydrogen-bond acceptors (Lipinski definition) is 5. The molecule has 0 saturated heterocycles. The number of nitrogens with one attached hydrogen (secondary N) is 2. The van der Waals surface area contributed by atoms with Crippen LogP contribution < -0.4 is 20.1 Å². The van der Waals surface area contributed by atoms with Gasteiger partial charge in [0.05, 0.1) is 20.5 Å². The third-order valence-electron chi connectivity index (χ3n) is 4.06. The molecule has 154 valence electrons. The van der Waals surface area contributed by atoms with Crippen molar-refractivity contribution in [3.8, 4) is 11.5 Å². The molecule has 0 aliphatic heterocycles. The summed E-state index contributed by atoms with van der Waals surface area (Å²) >= 11 is 0. The van der Waals surface area contributed by atoms with E-state index in [1.54, 1.807) is 20.5 Å². The largest absolute Gasteiger partial charge is 0.497 e. The predicted molar refractivity (Wildman–Crippen MR) is 110 cm³/mol. The van der Waals surface area contributed by atoms with Gasteiger partial charge in [0.2, 0.25) is 0 Å². The maximum Gasteiger partial charge on any atom is 0.191 e. The maximum absolute atomic E-state index is 5.58. The van der Waals surface area contributed by atoms with Crippen LogP contribution in [0.1, 0.15) is 24.7 Å². The van der Waals surface area contributed by atoms with Gasteiger partial charge in [0.25, 0.3) is 0 Å². The van der Waals surface area contributed by atoms with Crippen molar-refractivity contribution in [2.24, 2.45) is 4.99 Å². The minimum Gasteiger partial charge on any atom is -0.497 e. The van der Waals surface area contributed by atoms with Crippen molar-refractivity contribution in [3.63, 3.8) is 0 Å². The van der Waals surface area contributed by atoms with Gasteiger partial charge in [-0.25, -0.2) is 0 Å². The van der Waals surface area contributed by atoms with E-state index in [2.05, 4.69) is 22.5 Å². The van der Waals surface area contributed by atoms with E-state index < -0.39 is 0 Å². The van der Waals surface area contributed by atoms with Gasteiger partial charge in [-0.05, 0) is 55.7 Å². The van der Waals surface area contributed by atoms with Gasteiger partial charge >= 0.3 is 0 Å². The van der Waals surface area contributed by atoms with Crippen molar-refractivity contribution in [1.82, 2.24) is 10.6 Å². The molecule has 0 saturated carbocycles. The molecule has 0 atom stereocenters. The molecule has 1 aromatic heterocycles. The van der Waals surface area contributed by atoms with Gasteiger partial charge in [0.1, 0.15) is 23.9 Å². The van der Waals surface area contributed by atoms with Gasteiger partial charge in [-0.1, -0.05) is 0 Å². The molecule has 1 aromatic carbocycles. The van der Waals surface area contributed by atoms with E-state index in [9.17, 15) is 0 Å². The van der Waals surface area contributed by atoms with E-state index in [0.717, 1.165) is 54.7 Å². The van der Waals surface area contributed by atoms with E-state index >= 15 is 0 Å². The summed E-state index contributed by atoms with van der Waals surface area (Å²) < 4.78 is 21.5. The zero-order valence-electron chi connectivity index (χ0n) is 17.0. The van der Waals surface area contributed by atoms with E-state index in [4.69, 9.17) is 18.6 Å². The SMILES string of the molecule is CCNC(=NCCCOCc1ccco1)NCCc1cc(OC)ccc1OC. The zero-order valence-corrected chi connectivity index (χ0v) is 17.0. The highest BCUT2D eigenvalue weighted by atomic mass is 16.5. The van der Waals surface area contributed by atoms with Crippen LogP contribution in [-0.2, 0) is 17.8 Å². The Morgan fingerprint density at radius 3 is 2.75 bits per heavy atom. The van der Waals surface area contributed by atoms with E-state index in [1.165, 1.54) is 0 Å². The fourth-order valence-corrected chi connectivity index (χ4v) is 2.66. The Balaban J connectivity index is 1.73. The molecule has 0 bridgehead atoms. The van der Waals surface area contributed by atoms with Crippen LogP contribution >= 0.6 is 0 Å². The van der Waals surface area contributed by atoms with Crippen LogP contribution in [0.3, 0.4) is 0 Å². The minimum atomic E-state index is 0.497. The average molecular weight is 389 g/mol. The van der Waals surface area contributed by atoms with Crippen LogP contribution in [-0.4, -0.2) is 46.4 Å². The Morgan fingerprint density at radius 1 is 1.14 bits per heavy atom. The molecule has 7 heteroatoms. The summed E-state index contributed by atoms with van der Waals surface area (Å²) in [5.74, 6) is 3.33. The standard InChI is InChI=1S/C21H31N3O4/c1-4-22-21(23-11-6-13-27-16-19-7-5-14-28-19)24-12-10-17-15-18(25-2)8-9-20(17)26-3/h5,7-9,14-15H,4,6,10-13,16H2,1-3H3,(H2,22,23,24). The molecule has 0 unspecified atom stereocenters. The van der Waals surface area contributed by atoms with Crippen LogP contribution in [0.25, 0.3) is 0 Å². The molecule has 0 aliphatic carbocycles. The van der Waals surface area contributed by atoms with Gasteiger partial charge in [0.15, 0.2) is 5.96 Å². The summed E-state index contributed by atoms with van der Waals surface area (Å²) in [5, 5.41) is 6.62. The molecular formula is C21H31N3O4. The zero-order chi connectivity index (χ0) is 20.0. The summed E-state index contributed by atoms with van der Waals surface area (Å²) in [5.41, 5.74) is 1.09. The molecule has 0 radical (unpaired) electrons. The van der Waals surface area contributed by atoms with Crippen molar-refractivity contribution in [2.75, 3.05) is 40.5 Å². The molecule has 0 spiro atoms. The predicted octanol–water partition coefficient (Wildman–Crippen LogP) is 3.00. The first-order valence-electron chi connectivity index (χ1n) is 9.60. The molecule has 0 aliphatic rings. The number of benzene rings is 1. The highest BCUT2D eigenvalue weighted by molar-refractivity contribution is 5.79. The molecule has 1 heterocycles. The summed E-state index contributed by atoms with van der Waals surface area (Å²) in [6.07, 6.45) is 3.30. The molecular weight excluding hydrogens is 358 g/mol. The van der Waals surface area contributed by atoms with Gasteiger partial charge in [-0.3, -0.25) is 4.99 Å². The molecule has 2 rings (SSSR count). The third-order valence-corrected chi connectivity index (χ3v) is 4.06. The first-order valence-corrected chi connectivity index (χ1v) is 9.60. The van der Waals surface area contributed by atoms with Crippen LogP contribution in [0.4, 0.5) is 0 Å². The van der Waals surface area contributed by atoms with Crippen LogP contribution in [0.5, 0.6) is 11.5 Å². The summed E-state index contributed by atoms with van der Waals surface area (Å²) in [7, 11) is 3.34. The Bertz CT molecular complexity index is 702. The first kappa shape index (κ1) is 21.6. The van der Waals surface area contributed by atoms with E-state index in [-0.39, 0.29) is 0 Å². The highest BCUT2D eigenvalue weighted by Crippen LogP contribution is 2.24. The number of rotatable bonds is 12. The van der Waals surface area contributed by atoms with Gasteiger partial charge in [-0.2, -0.15) is 0 Å². The molecule has 2 N–H and O–H groups in total. The lowest BCUT2D eigenvalue weighted by Crippen LogP contribution is -2.38. The fourth-order valence-electron chi connectivity index (χ4n) is 2.66. The first-order chi connectivity index (χ1) is 13.8. The van der Waals surface area contributed by atoms with Gasteiger partial charge in [-0.15, -0.1) is 0 Å². The normalized spacial score (nSPS) is 11.3. The number of guanidine groups is 1. The van der Waals surface area contributed by atoms with Crippen molar-refractivity contribution in [3.05, 3.63) is 47.9 Å². The van der Waals surface area contributed by atoms with Crippen LogP contribution in [0.2, 0.25) is 0 Å². The molecule has 7 nitrogen and oxygen atoms in total. The second kappa shape index (κ2) is 12.7.